The zero-order valence-electron chi connectivity index (χ0n) is 10.3. The van der Waals surface area contributed by atoms with Crippen molar-refractivity contribution >= 4 is 44.5 Å². The van der Waals surface area contributed by atoms with Crippen LogP contribution in [0, 0.1) is 3.70 Å². The number of pyridine rings is 1. The van der Waals surface area contributed by atoms with Gasteiger partial charge in [0, 0.05) is 5.33 Å². The van der Waals surface area contributed by atoms with Gasteiger partial charge in [0.1, 0.15) is 3.70 Å². The molecule has 0 bridgehead atoms. The van der Waals surface area contributed by atoms with Gasteiger partial charge in [-0.15, -0.1) is 13.2 Å². The van der Waals surface area contributed by atoms with Gasteiger partial charge in [-0.1, -0.05) is 15.9 Å². The highest BCUT2D eigenvalue weighted by Gasteiger charge is 2.32. The Morgan fingerprint density at radius 3 is 2.65 bits per heavy atom. The van der Waals surface area contributed by atoms with Crippen molar-refractivity contribution in [3.05, 3.63) is 21.0 Å². The minimum atomic E-state index is -4.78. The average Bonchev–Trinajstić information content (AvgIpc) is 2.31. The number of carbonyl (C=O) groups excluding carboxylic acids is 1. The van der Waals surface area contributed by atoms with Crippen LogP contribution >= 0.6 is 38.5 Å². The number of aromatic nitrogens is 1. The molecule has 0 unspecified atom stereocenters. The van der Waals surface area contributed by atoms with Crippen LogP contribution in [0.5, 0.6) is 5.75 Å². The van der Waals surface area contributed by atoms with Crippen LogP contribution in [-0.2, 0) is 21.3 Å². The molecule has 1 aromatic rings. The Morgan fingerprint density at radius 1 is 1.50 bits per heavy atom. The first-order valence-corrected chi connectivity index (χ1v) is 7.62. The standard InChI is InChI=1S/C11H10BrF3INO3/c1-2-19-9(18)4-7-6(5-12)3-8(10(16)17-7)20-11(13,14)15/h3H,2,4-5H2,1H3. The summed E-state index contributed by atoms with van der Waals surface area (Å²) in [6, 6.07) is 1.21. The van der Waals surface area contributed by atoms with E-state index in [9.17, 15) is 18.0 Å². The zero-order valence-corrected chi connectivity index (χ0v) is 14.0. The third-order valence-electron chi connectivity index (χ3n) is 2.10. The number of nitrogens with zero attached hydrogens (tertiary/aromatic N) is 1. The van der Waals surface area contributed by atoms with Crippen molar-refractivity contribution in [2.45, 2.75) is 25.0 Å². The highest BCUT2D eigenvalue weighted by Crippen LogP contribution is 2.29. The first-order chi connectivity index (χ1) is 9.26. The molecule has 0 amide bonds. The van der Waals surface area contributed by atoms with Crippen molar-refractivity contribution in [3.63, 3.8) is 0 Å². The minimum absolute atomic E-state index is 0.0314. The maximum Gasteiger partial charge on any atom is 0.573 e. The van der Waals surface area contributed by atoms with E-state index in [4.69, 9.17) is 4.74 Å². The van der Waals surface area contributed by atoms with E-state index in [1.165, 1.54) is 6.07 Å². The maximum absolute atomic E-state index is 12.2. The molecule has 0 saturated heterocycles. The van der Waals surface area contributed by atoms with Crippen LogP contribution in [-0.4, -0.2) is 23.9 Å². The molecule has 9 heteroatoms. The number of carbonyl (C=O) groups is 1. The summed E-state index contributed by atoms with van der Waals surface area (Å²) in [7, 11) is 0. The molecule has 0 aromatic carbocycles. The van der Waals surface area contributed by atoms with Crippen molar-refractivity contribution in [3.8, 4) is 5.75 Å². The molecule has 1 rings (SSSR count). The molecular weight excluding hydrogens is 458 g/mol. The van der Waals surface area contributed by atoms with E-state index in [1.54, 1.807) is 29.5 Å². The summed E-state index contributed by atoms with van der Waals surface area (Å²) < 4.78 is 45.4. The van der Waals surface area contributed by atoms with E-state index >= 15 is 0 Å². The fraction of sp³-hybridized carbons (Fsp3) is 0.455. The van der Waals surface area contributed by atoms with Gasteiger partial charge in [-0.2, -0.15) is 0 Å². The number of hydrogen-bond donors (Lipinski definition) is 0. The van der Waals surface area contributed by atoms with Gasteiger partial charge in [-0.25, -0.2) is 4.98 Å². The van der Waals surface area contributed by atoms with Crippen molar-refractivity contribution in [1.82, 2.24) is 4.98 Å². The normalized spacial score (nSPS) is 11.3. The van der Waals surface area contributed by atoms with E-state index in [0.717, 1.165) is 0 Å². The quantitative estimate of drug-likeness (QED) is 0.287. The van der Waals surface area contributed by atoms with Gasteiger partial charge < -0.3 is 9.47 Å². The molecule has 0 atom stereocenters. The van der Waals surface area contributed by atoms with E-state index in [2.05, 4.69) is 25.7 Å². The molecular formula is C11H10BrF3INO3. The SMILES string of the molecule is CCOC(=O)Cc1nc(I)c(OC(F)(F)F)cc1CBr. The molecule has 0 aliphatic carbocycles. The number of halogens is 5. The van der Waals surface area contributed by atoms with Crippen molar-refractivity contribution in [2.24, 2.45) is 0 Å². The number of rotatable bonds is 5. The Labute approximate surface area is 135 Å². The topological polar surface area (TPSA) is 48.4 Å². The molecule has 0 aliphatic heterocycles. The van der Waals surface area contributed by atoms with E-state index in [-0.39, 0.29) is 27.8 Å². The summed E-state index contributed by atoms with van der Waals surface area (Å²) in [6.45, 7) is 1.90. The molecule has 0 saturated carbocycles. The summed E-state index contributed by atoms with van der Waals surface area (Å²) in [4.78, 5) is 15.4. The third-order valence-corrected chi connectivity index (χ3v) is 3.48. The molecule has 0 fully saturated rings. The van der Waals surface area contributed by atoms with Crippen molar-refractivity contribution in [2.75, 3.05) is 6.61 Å². The monoisotopic (exact) mass is 467 g/mol. The predicted molar refractivity (Wildman–Crippen MR) is 76.6 cm³/mol. The zero-order chi connectivity index (χ0) is 15.3. The van der Waals surface area contributed by atoms with E-state index < -0.39 is 12.3 Å². The Morgan fingerprint density at radius 2 is 2.15 bits per heavy atom. The number of alkyl halides is 4. The molecule has 4 nitrogen and oxygen atoms in total. The molecule has 1 heterocycles. The van der Waals surface area contributed by atoms with Gasteiger partial charge in [0.05, 0.1) is 18.7 Å². The Balaban J connectivity index is 3.04. The van der Waals surface area contributed by atoms with Gasteiger partial charge in [-0.3, -0.25) is 4.79 Å². The predicted octanol–water partition coefficient (Wildman–Crippen LogP) is 3.59. The van der Waals surface area contributed by atoms with Crippen molar-refractivity contribution in [1.29, 1.82) is 0 Å². The fourth-order valence-corrected chi connectivity index (χ4v) is 2.40. The van der Waals surface area contributed by atoms with Crippen LogP contribution in [0.3, 0.4) is 0 Å². The smallest absolute Gasteiger partial charge is 0.466 e. The lowest BCUT2D eigenvalue weighted by Gasteiger charge is -2.13. The summed E-state index contributed by atoms with van der Waals surface area (Å²) in [5.41, 5.74) is 0.803. The first-order valence-electron chi connectivity index (χ1n) is 5.42. The molecule has 1 aromatic heterocycles. The summed E-state index contributed by atoms with van der Waals surface area (Å²) in [6.07, 6.45) is -4.88. The molecule has 0 spiro atoms. The molecule has 112 valence electrons. The number of hydrogen-bond acceptors (Lipinski definition) is 4. The minimum Gasteiger partial charge on any atom is -0.466 e. The number of ether oxygens (including phenoxy) is 2. The second-order valence-electron chi connectivity index (χ2n) is 3.55. The number of esters is 1. The maximum atomic E-state index is 12.2. The summed E-state index contributed by atoms with van der Waals surface area (Å²) in [5, 5.41) is 0.250. The van der Waals surface area contributed by atoms with Crippen LogP contribution in [0.25, 0.3) is 0 Å². The van der Waals surface area contributed by atoms with Crippen LogP contribution in [0.1, 0.15) is 18.2 Å². The first kappa shape index (κ1) is 17.5. The van der Waals surface area contributed by atoms with Gasteiger partial charge in [0.2, 0.25) is 0 Å². The largest absolute Gasteiger partial charge is 0.573 e. The van der Waals surface area contributed by atoms with Crippen LogP contribution in [0.15, 0.2) is 6.07 Å². The van der Waals surface area contributed by atoms with Gasteiger partial charge in [0.25, 0.3) is 0 Å². The van der Waals surface area contributed by atoms with Gasteiger partial charge in [0.15, 0.2) is 5.75 Å². The van der Waals surface area contributed by atoms with Crippen molar-refractivity contribution < 1.29 is 27.4 Å². The Hall–Kier alpha value is -0.580. The van der Waals surface area contributed by atoms with E-state index in [0.29, 0.717) is 11.3 Å². The molecule has 0 N–H and O–H groups in total. The Bertz CT molecular complexity index is 497. The summed E-state index contributed by atoms with van der Waals surface area (Å²) in [5.74, 6) is -0.873. The Kier molecular flexibility index (Phi) is 6.49. The average molecular weight is 468 g/mol. The lowest BCUT2D eigenvalue weighted by Crippen LogP contribution is -2.19. The second-order valence-corrected chi connectivity index (χ2v) is 5.13. The highest BCUT2D eigenvalue weighted by molar-refractivity contribution is 14.1. The summed E-state index contributed by atoms with van der Waals surface area (Å²) >= 11 is 4.77. The van der Waals surface area contributed by atoms with Crippen LogP contribution in [0.4, 0.5) is 13.2 Å². The lowest BCUT2D eigenvalue weighted by molar-refractivity contribution is -0.275. The van der Waals surface area contributed by atoms with Crippen LogP contribution in [0.2, 0.25) is 0 Å². The van der Waals surface area contributed by atoms with Gasteiger partial charge >= 0.3 is 12.3 Å². The molecule has 0 aliphatic rings. The molecule has 20 heavy (non-hydrogen) atoms. The van der Waals surface area contributed by atoms with Crippen LogP contribution < -0.4 is 4.74 Å². The lowest BCUT2D eigenvalue weighted by atomic mass is 10.1. The molecule has 0 radical (unpaired) electrons. The third kappa shape index (κ3) is 5.43. The second kappa shape index (κ2) is 7.43. The highest BCUT2D eigenvalue weighted by atomic mass is 127. The van der Waals surface area contributed by atoms with E-state index in [1.807, 2.05) is 0 Å². The van der Waals surface area contributed by atoms with Gasteiger partial charge in [-0.05, 0) is 41.1 Å². The fourth-order valence-electron chi connectivity index (χ4n) is 1.36.